The fourth-order valence-electron chi connectivity index (χ4n) is 1.74. The van der Waals surface area contributed by atoms with Crippen LogP contribution in [-0.2, 0) is 24.5 Å². The quantitative estimate of drug-likeness (QED) is 0.849. The van der Waals surface area contributed by atoms with Crippen LogP contribution in [0.3, 0.4) is 0 Å². The predicted octanol–water partition coefficient (Wildman–Crippen LogP) is 2.34. The lowest BCUT2D eigenvalue weighted by Gasteiger charge is -2.05. The minimum absolute atomic E-state index is 0.411. The summed E-state index contributed by atoms with van der Waals surface area (Å²) in [6.07, 6.45) is 0. The van der Waals surface area contributed by atoms with Crippen molar-refractivity contribution in [1.29, 1.82) is 0 Å². The highest BCUT2D eigenvalue weighted by atomic mass is 32.1. The lowest BCUT2D eigenvalue weighted by atomic mass is 10.3. The van der Waals surface area contributed by atoms with Gasteiger partial charge in [0, 0.05) is 24.6 Å². The van der Waals surface area contributed by atoms with Gasteiger partial charge in [-0.25, -0.2) is 4.98 Å². The van der Waals surface area contributed by atoms with Gasteiger partial charge in [-0.15, -0.1) is 11.3 Å². The second-order valence-corrected chi connectivity index (χ2v) is 5.25. The first-order valence-corrected chi connectivity index (χ1v) is 7.01. The number of hydrogen-bond donors (Lipinski definition) is 1. The van der Waals surface area contributed by atoms with E-state index in [1.165, 1.54) is 0 Å². The van der Waals surface area contributed by atoms with Crippen molar-refractivity contribution in [2.24, 2.45) is 5.73 Å². The largest absolute Gasteiger partial charge is 0.497 e. The number of thiazole rings is 1. The molecule has 0 saturated carbocycles. The number of aromatic nitrogens is 1. The highest BCUT2D eigenvalue weighted by molar-refractivity contribution is 7.11. The van der Waals surface area contributed by atoms with Gasteiger partial charge in [-0.3, -0.25) is 0 Å². The lowest BCUT2D eigenvalue weighted by Crippen LogP contribution is -1.99. The molecule has 1 aromatic heterocycles. The average Bonchev–Trinajstić information content (AvgIpc) is 2.88. The summed E-state index contributed by atoms with van der Waals surface area (Å²) < 4.78 is 16.0. The Hall–Kier alpha value is -1.63. The summed E-state index contributed by atoms with van der Waals surface area (Å²) >= 11 is 1.56. The molecule has 2 rings (SSSR count). The molecule has 1 heterocycles. The molecule has 5 nitrogen and oxygen atoms in total. The Morgan fingerprint density at radius 2 is 2.00 bits per heavy atom. The van der Waals surface area contributed by atoms with Gasteiger partial charge in [0.25, 0.3) is 0 Å². The molecular weight excluding hydrogens is 276 g/mol. The van der Waals surface area contributed by atoms with Crippen molar-refractivity contribution in [3.8, 4) is 11.5 Å². The number of ether oxygens (including phenoxy) is 3. The smallest absolute Gasteiger partial charge is 0.140 e. The van der Waals surface area contributed by atoms with Crippen LogP contribution in [0.5, 0.6) is 11.5 Å². The molecule has 0 atom stereocenters. The minimum Gasteiger partial charge on any atom is -0.497 e. The van der Waals surface area contributed by atoms with E-state index in [0.717, 1.165) is 27.1 Å². The van der Waals surface area contributed by atoms with Crippen LogP contribution in [0.2, 0.25) is 0 Å². The van der Waals surface area contributed by atoms with E-state index in [1.54, 1.807) is 25.6 Å². The third kappa shape index (κ3) is 3.69. The van der Waals surface area contributed by atoms with Crippen molar-refractivity contribution in [3.63, 3.8) is 0 Å². The number of hydrogen-bond acceptors (Lipinski definition) is 6. The van der Waals surface area contributed by atoms with Crippen LogP contribution in [0.15, 0.2) is 24.3 Å². The molecule has 0 bridgehead atoms. The van der Waals surface area contributed by atoms with Crippen molar-refractivity contribution in [3.05, 3.63) is 39.8 Å². The normalized spacial score (nSPS) is 10.6. The second kappa shape index (κ2) is 7.23. The fraction of sp³-hybridized carbons (Fsp3) is 0.357. The maximum Gasteiger partial charge on any atom is 0.140 e. The monoisotopic (exact) mass is 294 g/mol. The Bertz CT molecular complexity index is 557. The number of nitrogens with two attached hydrogens (primary N) is 1. The molecule has 2 aromatic rings. The van der Waals surface area contributed by atoms with E-state index in [2.05, 4.69) is 4.98 Å². The maximum atomic E-state index is 5.71. The van der Waals surface area contributed by atoms with Crippen LogP contribution >= 0.6 is 11.3 Å². The average molecular weight is 294 g/mol. The summed E-state index contributed by atoms with van der Waals surface area (Å²) in [5.74, 6) is 1.52. The zero-order valence-electron chi connectivity index (χ0n) is 11.6. The van der Waals surface area contributed by atoms with E-state index < -0.39 is 0 Å². The van der Waals surface area contributed by atoms with E-state index in [-0.39, 0.29) is 0 Å². The molecule has 0 radical (unpaired) electrons. The standard InChI is InChI=1S/C14H18N2O3S/c1-17-8-12-13(7-15)20-14(16-12)9-19-11-5-3-4-10(6-11)18-2/h3-6H,7-9,15H2,1-2H3. The van der Waals surface area contributed by atoms with Gasteiger partial charge in [0.1, 0.15) is 23.1 Å². The van der Waals surface area contributed by atoms with Crippen LogP contribution in [-0.4, -0.2) is 19.2 Å². The summed E-state index contributed by atoms with van der Waals surface area (Å²) in [5.41, 5.74) is 6.59. The Morgan fingerprint density at radius 3 is 2.70 bits per heavy atom. The molecule has 0 amide bonds. The molecule has 20 heavy (non-hydrogen) atoms. The highest BCUT2D eigenvalue weighted by Crippen LogP contribution is 2.23. The molecular formula is C14H18N2O3S. The number of benzene rings is 1. The molecule has 0 spiro atoms. The number of nitrogens with zero attached hydrogens (tertiary/aromatic N) is 1. The summed E-state index contributed by atoms with van der Waals surface area (Å²) in [6, 6.07) is 7.49. The zero-order valence-corrected chi connectivity index (χ0v) is 12.4. The van der Waals surface area contributed by atoms with Crippen molar-refractivity contribution >= 4 is 11.3 Å². The first-order valence-electron chi connectivity index (χ1n) is 6.20. The summed E-state index contributed by atoms with van der Waals surface area (Å²) in [4.78, 5) is 5.52. The van der Waals surface area contributed by atoms with E-state index in [1.807, 2.05) is 24.3 Å². The maximum absolute atomic E-state index is 5.71. The molecule has 0 aliphatic carbocycles. The molecule has 108 valence electrons. The van der Waals surface area contributed by atoms with Gasteiger partial charge < -0.3 is 19.9 Å². The third-order valence-electron chi connectivity index (χ3n) is 2.69. The summed E-state index contributed by atoms with van der Waals surface area (Å²) in [5, 5.41) is 0.889. The molecule has 0 aliphatic rings. The minimum atomic E-state index is 0.411. The van der Waals surface area contributed by atoms with Crippen LogP contribution in [0.25, 0.3) is 0 Å². The van der Waals surface area contributed by atoms with E-state index >= 15 is 0 Å². The van der Waals surface area contributed by atoms with E-state index in [9.17, 15) is 0 Å². The third-order valence-corrected chi connectivity index (χ3v) is 3.79. The van der Waals surface area contributed by atoms with Crippen molar-refractivity contribution in [1.82, 2.24) is 4.98 Å². The van der Waals surface area contributed by atoms with Crippen molar-refractivity contribution in [2.75, 3.05) is 14.2 Å². The molecule has 0 fully saturated rings. The zero-order chi connectivity index (χ0) is 14.4. The Kier molecular flexibility index (Phi) is 5.34. The molecule has 0 aliphatic heterocycles. The summed E-state index contributed by atoms with van der Waals surface area (Å²) in [7, 11) is 3.27. The number of methoxy groups -OCH3 is 2. The predicted molar refractivity (Wildman–Crippen MR) is 78.0 cm³/mol. The molecule has 6 heteroatoms. The Labute approximate surface area is 122 Å². The lowest BCUT2D eigenvalue weighted by molar-refractivity contribution is 0.181. The van der Waals surface area contributed by atoms with Gasteiger partial charge in [-0.05, 0) is 12.1 Å². The first-order chi connectivity index (χ1) is 9.76. The SMILES string of the molecule is COCc1nc(COc2cccc(OC)c2)sc1CN. The molecule has 2 N–H and O–H groups in total. The number of rotatable bonds is 7. The Morgan fingerprint density at radius 1 is 1.20 bits per heavy atom. The van der Waals surface area contributed by atoms with Gasteiger partial charge in [0.05, 0.1) is 19.4 Å². The molecule has 0 unspecified atom stereocenters. The Balaban J connectivity index is 2.02. The molecule has 1 aromatic carbocycles. The first kappa shape index (κ1) is 14.8. The van der Waals surface area contributed by atoms with Crippen LogP contribution < -0.4 is 15.2 Å². The topological polar surface area (TPSA) is 66.6 Å². The van der Waals surface area contributed by atoms with Gasteiger partial charge >= 0.3 is 0 Å². The van der Waals surface area contributed by atoms with E-state index in [4.69, 9.17) is 19.9 Å². The van der Waals surface area contributed by atoms with Gasteiger partial charge in [0.15, 0.2) is 0 Å². The van der Waals surface area contributed by atoms with Crippen molar-refractivity contribution in [2.45, 2.75) is 19.8 Å². The van der Waals surface area contributed by atoms with E-state index in [0.29, 0.717) is 19.8 Å². The highest BCUT2D eigenvalue weighted by Gasteiger charge is 2.10. The van der Waals surface area contributed by atoms with Gasteiger partial charge in [-0.1, -0.05) is 6.07 Å². The van der Waals surface area contributed by atoms with Crippen LogP contribution in [0.1, 0.15) is 15.6 Å². The van der Waals surface area contributed by atoms with Gasteiger partial charge in [-0.2, -0.15) is 0 Å². The molecule has 0 saturated heterocycles. The van der Waals surface area contributed by atoms with Gasteiger partial charge in [0.2, 0.25) is 0 Å². The summed E-state index contributed by atoms with van der Waals surface area (Å²) in [6.45, 7) is 1.35. The van der Waals surface area contributed by atoms with Crippen LogP contribution in [0, 0.1) is 0 Å². The van der Waals surface area contributed by atoms with Crippen molar-refractivity contribution < 1.29 is 14.2 Å². The van der Waals surface area contributed by atoms with Crippen LogP contribution in [0.4, 0.5) is 0 Å². The second-order valence-electron chi connectivity index (χ2n) is 4.08. The fourth-order valence-corrected chi connectivity index (χ4v) is 2.61.